The molecular weight excluding hydrogens is 643 g/mol. The molecule has 2 amide bonds. The van der Waals surface area contributed by atoms with Gasteiger partial charge in [0.15, 0.2) is 15.3 Å². The van der Waals surface area contributed by atoms with Crippen LogP contribution >= 0.6 is 23.1 Å². The zero-order valence-corrected chi connectivity index (χ0v) is 26.2. The molecule has 12 heteroatoms. The van der Waals surface area contributed by atoms with Crippen LogP contribution in [0.1, 0.15) is 38.4 Å². The molecule has 8 rings (SSSR count). The minimum atomic E-state index is -1.99. The normalized spacial score (nSPS) is 16.8. The third-order valence-electron chi connectivity index (χ3n) is 8.54. The molecule has 0 saturated carbocycles. The lowest BCUT2D eigenvalue weighted by Gasteiger charge is -2.32. The van der Waals surface area contributed by atoms with Crippen molar-refractivity contribution in [3.63, 3.8) is 0 Å². The molecule has 1 spiro atoms. The fourth-order valence-electron chi connectivity index (χ4n) is 6.33. The van der Waals surface area contributed by atoms with Gasteiger partial charge in [-0.15, -0.1) is 10.2 Å². The lowest BCUT2D eigenvalue weighted by atomic mass is 9.84. The monoisotopic (exact) mass is 664 g/mol. The zero-order chi connectivity index (χ0) is 32.4. The Morgan fingerprint density at radius 2 is 1.64 bits per heavy atom. The number of hydrogen-bond acceptors (Lipinski definition) is 8. The van der Waals surface area contributed by atoms with Gasteiger partial charge in [-0.05, 0) is 60.0 Å². The topological polar surface area (TPSA) is 96.6 Å². The average molecular weight is 665 g/mol. The number of para-hydroxylation sites is 1. The van der Waals surface area contributed by atoms with Crippen LogP contribution in [0.15, 0.2) is 105 Å². The quantitative estimate of drug-likeness (QED) is 0.140. The van der Waals surface area contributed by atoms with E-state index in [1.807, 2.05) is 31.2 Å². The van der Waals surface area contributed by atoms with Gasteiger partial charge in [-0.25, -0.2) is 8.78 Å². The van der Waals surface area contributed by atoms with Gasteiger partial charge in [0.1, 0.15) is 17.2 Å². The number of carbonyl (C=O) groups excluding carboxylic acids is 2. The molecule has 0 radical (unpaired) electrons. The minimum absolute atomic E-state index is 0.0174. The Bertz CT molecular complexity index is 2320. The first-order valence-electron chi connectivity index (χ1n) is 14.6. The molecule has 4 aromatic carbocycles. The summed E-state index contributed by atoms with van der Waals surface area (Å²) in [6.45, 7) is 2.12. The molecule has 2 aliphatic heterocycles. The minimum Gasteiger partial charge on any atom is -0.450 e. The SMILES string of the molecule is Cc1ccccc1CN1C(=O)C2(c3ccccc31)c1c(oc3ccc(F)cc3c1=O)C(=O)N2c1nnc(SCc2ccc(F)cc2)s1. The molecule has 1 unspecified atom stereocenters. The highest BCUT2D eigenvalue weighted by Gasteiger charge is 2.66. The van der Waals surface area contributed by atoms with E-state index < -0.39 is 28.6 Å². The highest BCUT2D eigenvalue weighted by molar-refractivity contribution is 8.00. The summed E-state index contributed by atoms with van der Waals surface area (Å²) in [6, 6.07) is 24.2. The van der Waals surface area contributed by atoms with Gasteiger partial charge in [0, 0.05) is 11.3 Å². The van der Waals surface area contributed by atoms with E-state index in [4.69, 9.17) is 4.42 Å². The van der Waals surface area contributed by atoms with Crippen LogP contribution in [-0.4, -0.2) is 22.0 Å². The molecule has 6 aromatic rings. The fraction of sp³-hybridized carbons (Fsp3) is 0.114. The van der Waals surface area contributed by atoms with E-state index in [-0.39, 0.29) is 39.8 Å². The molecule has 0 bridgehead atoms. The Morgan fingerprint density at radius 1 is 0.894 bits per heavy atom. The number of hydrogen-bond donors (Lipinski definition) is 0. The number of nitrogens with zero attached hydrogens (tertiary/aromatic N) is 4. The van der Waals surface area contributed by atoms with Crippen LogP contribution in [0, 0.1) is 18.6 Å². The number of thioether (sulfide) groups is 1. The van der Waals surface area contributed by atoms with Crippen LogP contribution in [0.2, 0.25) is 0 Å². The van der Waals surface area contributed by atoms with Crippen molar-refractivity contribution in [3.8, 4) is 0 Å². The molecule has 2 aliphatic rings. The molecular formula is C35H22F2N4O4S2. The van der Waals surface area contributed by atoms with Crippen molar-refractivity contribution in [2.75, 3.05) is 9.80 Å². The highest BCUT2D eigenvalue weighted by atomic mass is 32.2. The van der Waals surface area contributed by atoms with Crippen LogP contribution in [0.3, 0.4) is 0 Å². The van der Waals surface area contributed by atoms with Crippen molar-refractivity contribution in [1.29, 1.82) is 0 Å². The molecule has 0 aliphatic carbocycles. The average Bonchev–Trinajstić information content (AvgIpc) is 3.71. The molecule has 8 nitrogen and oxygen atoms in total. The molecule has 0 fully saturated rings. The number of aryl methyl sites for hydroxylation is 1. The van der Waals surface area contributed by atoms with Crippen LogP contribution in [-0.2, 0) is 22.6 Å². The van der Waals surface area contributed by atoms with Gasteiger partial charge in [0.05, 0.1) is 23.2 Å². The van der Waals surface area contributed by atoms with Crippen LogP contribution in [0.5, 0.6) is 0 Å². The maximum Gasteiger partial charge on any atom is 0.297 e. The van der Waals surface area contributed by atoms with Gasteiger partial charge in [0.25, 0.3) is 11.8 Å². The lowest BCUT2D eigenvalue weighted by molar-refractivity contribution is -0.121. The number of aromatic nitrogens is 2. The Balaban J connectivity index is 1.32. The summed E-state index contributed by atoms with van der Waals surface area (Å²) >= 11 is 2.42. The standard InChI is InChI=1S/C35H22F2N4O4S2/c1-19-6-2-3-7-21(19)17-40-26-9-5-4-8-25(26)35(32(40)44)28-29(42)24-16-23(37)14-15-27(24)45-30(28)31(43)41(35)33-38-39-34(47-33)46-18-20-10-12-22(36)13-11-20/h2-16H,17-18H2,1H3. The number of amides is 2. The van der Waals surface area contributed by atoms with Crippen molar-refractivity contribution in [2.24, 2.45) is 0 Å². The molecule has 2 aromatic heterocycles. The third kappa shape index (κ3) is 4.43. The number of benzene rings is 4. The molecule has 47 heavy (non-hydrogen) atoms. The first-order chi connectivity index (χ1) is 22.8. The van der Waals surface area contributed by atoms with E-state index in [0.717, 1.165) is 40.2 Å². The summed E-state index contributed by atoms with van der Waals surface area (Å²) < 4.78 is 34.4. The van der Waals surface area contributed by atoms with Crippen molar-refractivity contribution in [2.45, 2.75) is 29.1 Å². The van der Waals surface area contributed by atoms with Crippen molar-refractivity contribution < 1.29 is 22.8 Å². The van der Waals surface area contributed by atoms with E-state index in [1.165, 1.54) is 34.9 Å². The second-order valence-electron chi connectivity index (χ2n) is 11.2. The number of fused-ring (bicyclic) bond motifs is 5. The van der Waals surface area contributed by atoms with Gasteiger partial charge in [-0.3, -0.25) is 19.3 Å². The zero-order valence-electron chi connectivity index (χ0n) is 24.6. The van der Waals surface area contributed by atoms with Gasteiger partial charge in [-0.2, -0.15) is 0 Å². The third-order valence-corrected chi connectivity index (χ3v) is 10.7. The number of halogens is 2. The predicted octanol–water partition coefficient (Wildman–Crippen LogP) is 6.97. The van der Waals surface area contributed by atoms with Gasteiger partial charge in [0.2, 0.25) is 10.9 Å². The van der Waals surface area contributed by atoms with E-state index in [9.17, 15) is 18.4 Å². The summed E-state index contributed by atoms with van der Waals surface area (Å²) in [5, 5.41) is 8.63. The maximum absolute atomic E-state index is 15.1. The largest absolute Gasteiger partial charge is 0.450 e. The van der Waals surface area contributed by atoms with Crippen LogP contribution in [0.25, 0.3) is 11.0 Å². The Morgan fingerprint density at radius 3 is 2.45 bits per heavy atom. The van der Waals surface area contributed by atoms with Gasteiger partial charge < -0.3 is 9.32 Å². The Labute approximate surface area is 274 Å². The Hall–Kier alpha value is -5.20. The van der Waals surface area contributed by atoms with E-state index in [0.29, 0.717) is 21.3 Å². The second-order valence-corrected chi connectivity index (χ2v) is 13.4. The smallest absolute Gasteiger partial charge is 0.297 e. The van der Waals surface area contributed by atoms with E-state index in [2.05, 4.69) is 10.2 Å². The van der Waals surface area contributed by atoms with Crippen molar-refractivity contribution in [1.82, 2.24) is 10.2 Å². The first kappa shape index (κ1) is 29.2. The molecule has 232 valence electrons. The first-order valence-corrected chi connectivity index (χ1v) is 16.4. The molecule has 0 saturated heterocycles. The van der Waals surface area contributed by atoms with Gasteiger partial charge in [-0.1, -0.05) is 77.7 Å². The lowest BCUT2D eigenvalue weighted by Crippen LogP contribution is -2.53. The van der Waals surface area contributed by atoms with Crippen LogP contribution < -0.4 is 15.2 Å². The summed E-state index contributed by atoms with van der Waals surface area (Å²) in [5.74, 6) is -2.15. The Kier molecular flexibility index (Phi) is 6.81. The number of rotatable bonds is 6. The van der Waals surface area contributed by atoms with E-state index >= 15 is 4.79 Å². The molecule has 4 heterocycles. The summed E-state index contributed by atoms with van der Waals surface area (Å²) in [4.78, 5) is 46.7. The van der Waals surface area contributed by atoms with Gasteiger partial charge >= 0.3 is 0 Å². The van der Waals surface area contributed by atoms with E-state index in [1.54, 1.807) is 41.3 Å². The second kappa shape index (κ2) is 11.0. The van der Waals surface area contributed by atoms with Crippen molar-refractivity contribution in [3.05, 3.63) is 146 Å². The summed E-state index contributed by atoms with van der Waals surface area (Å²) in [5.41, 5.74) is 0.751. The fourth-order valence-corrected chi connectivity index (χ4v) is 8.17. The van der Waals surface area contributed by atoms with Crippen LogP contribution in [0.4, 0.5) is 19.6 Å². The predicted molar refractivity (Wildman–Crippen MR) is 175 cm³/mol. The van der Waals surface area contributed by atoms with Crippen molar-refractivity contribution >= 4 is 56.7 Å². The maximum atomic E-state index is 15.1. The molecule has 1 atom stereocenters. The summed E-state index contributed by atoms with van der Waals surface area (Å²) in [7, 11) is 0. The highest BCUT2D eigenvalue weighted by Crippen LogP contribution is 2.55. The summed E-state index contributed by atoms with van der Waals surface area (Å²) in [6.07, 6.45) is 0. The number of anilines is 2. The number of carbonyl (C=O) groups is 2. The molecule has 0 N–H and O–H groups in total.